The lowest BCUT2D eigenvalue weighted by molar-refractivity contribution is -0.148. The van der Waals surface area contributed by atoms with Crippen molar-refractivity contribution in [1.82, 2.24) is 0 Å². The van der Waals surface area contributed by atoms with Crippen molar-refractivity contribution in [1.29, 1.82) is 0 Å². The Morgan fingerprint density at radius 1 is 0.733 bits per heavy atom. The zero-order valence-corrected chi connectivity index (χ0v) is 18.1. The van der Waals surface area contributed by atoms with E-state index in [1.807, 2.05) is 13.0 Å². The standard InChI is InChI=1S/C28H32O2/c1-3-4-5-6-10-17-28(29)30-22(2)23-18-20-25(21-19-23)27-16-12-11-15-26(27)24-13-8-7-9-14-24/h7-9,11-16,18-22H,3-6,10,17H2,1-2H3. The van der Waals surface area contributed by atoms with Crippen molar-refractivity contribution in [3.8, 4) is 22.3 Å². The lowest BCUT2D eigenvalue weighted by Gasteiger charge is -2.15. The van der Waals surface area contributed by atoms with Gasteiger partial charge in [-0.25, -0.2) is 0 Å². The summed E-state index contributed by atoms with van der Waals surface area (Å²) < 4.78 is 5.64. The molecule has 0 bridgehead atoms. The van der Waals surface area contributed by atoms with Crippen LogP contribution in [0.25, 0.3) is 22.3 Å². The van der Waals surface area contributed by atoms with Crippen molar-refractivity contribution < 1.29 is 9.53 Å². The van der Waals surface area contributed by atoms with E-state index < -0.39 is 0 Å². The van der Waals surface area contributed by atoms with Crippen molar-refractivity contribution in [3.63, 3.8) is 0 Å². The lowest BCUT2D eigenvalue weighted by atomic mass is 9.94. The van der Waals surface area contributed by atoms with E-state index in [4.69, 9.17) is 4.74 Å². The lowest BCUT2D eigenvalue weighted by Crippen LogP contribution is -2.08. The van der Waals surface area contributed by atoms with Crippen molar-refractivity contribution in [3.05, 3.63) is 84.4 Å². The summed E-state index contributed by atoms with van der Waals surface area (Å²) in [5, 5.41) is 0. The average molecular weight is 401 g/mol. The van der Waals surface area contributed by atoms with Crippen molar-refractivity contribution in [2.24, 2.45) is 0 Å². The summed E-state index contributed by atoms with van der Waals surface area (Å²) in [5.74, 6) is -0.0995. The summed E-state index contributed by atoms with van der Waals surface area (Å²) in [6.07, 6.45) is 5.96. The third-order valence-corrected chi connectivity index (χ3v) is 5.50. The summed E-state index contributed by atoms with van der Waals surface area (Å²) in [7, 11) is 0. The van der Waals surface area contributed by atoms with E-state index in [-0.39, 0.29) is 12.1 Å². The summed E-state index contributed by atoms with van der Waals surface area (Å²) in [4.78, 5) is 12.1. The van der Waals surface area contributed by atoms with E-state index in [1.54, 1.807) is 0 Å². The van der Waals surface area contributed by atoms with Crippen LogP contribution in [0.3, 0.4) is 0 Å². The van der Waals surface area contributed by atoms with Crippen LogP contribution in [-0.2, 0) is 9.53 Å². The van der Waals surface area contributed by atoms with E-state index in [9.17, 15) is 4.79 Å². The molecule has 0 aliphatic rings. The molecule has 0 saturated heterocycles. The van der Waals surface area contributed by atoms with Crippen LogP contribution < -0.4 is 0 Å². The van der Waals surface area contributed by atoms with Crippen molar-refractivity contribution in [2.75, 3.05) is 0 Å². The number of carbonyl (C=O) groups excluding carboxylic acids is 1. The fourth-order valence-electron chi connectivity index (χ4n) is 3.74. The van der Waals surface area contributed by atoms with E-state index in [0.29, 0.717) is 6.42 Å². The molecule has 0 amide bonds. The van der Waals surface area contributed by atoms with Gasteiger partial charge in [-0.15, -0.1) is 0 Å². The van der Waals surface area contributed by atoms with Crippen LogP contribution >= 0.6 is 0 Å². The van der Waals surface area contributed by atoms with E-state index >= 15 is 0 Å². The SMILES string of the molecule is CCCCCCCC(=O)OC(C)c1ccc(-c2ccccc2-c2ccccc2)cc1. The smallest absolute Gasteiger partial charge is 0.306 e. The molecule has 3 aromatic rings. The number of carbonyl (C=O) groups is 1. The molecule has 0 heterocycles. The maximum Gasteiger partial charge on any atom is 0.306 e. The second kappa shape index (κ2) is 11.3. The number of ether oxygens (including phenoxy) is 1. The van der Waals surface area contributed by atoms with Crippen molar-refractivity contribution in [2.45, 2.75) is 58.5 Å². The van der Waals surface area contributed by atoms with Gasteiger partial charge in [0.25, 0.3) is 0 Å². The molecule has 0 N–H and O–H groups in total. The highest BCUT2D eigenvalue weighted by molar-refractivity contribution is 5.83. The molecular weight excluding hydrogens is 368 g/mol. The van der Waals surface area contributed by atoms with Gasteiger partial charge < -0.3 is 4.74 Å². The molecule has 3 aromatic carbocycles. The molecule has 1 unspecified atom stereocenters. The second-order valence-corrected chi connectivity index (χ2v) is 7.83. The van der Waals surface area contributed by atoms with Gasteiger partial charge >= 0.3 is 5.97 Å². The van der Waals surface area contributed by atoms with Gasteiger partial charge in [-0.05, 0) is 41.2 Å². The van der Waals surface area contributed by atoms with Crippen LogP contribution in [0.15, 0.2) is 78.9 Å². The van der Waals surface area contributed by atoms with Crippen LogP contribution in [-0.4, -0.2) is 5.97 Å². The van der Waals surface area contributed by atoms with Crippen LogP contribution in [0.1, 0.15) is 64.0 Å². The quantitative estimate of drug-likeness (QED) is 0.255. The monoisotopic (exact) mass is 400 g/mol. The van der Waals surface area contributed by atoms with Gasteiger partial charge in [-0.1, -0.05) is 111 Å². The zero-order valence-electron chi connectivity index (χ0n) is 18.1. The molecule has 3 rings (SSSR count). The van der Waals surface area contributed by atoms with Crippen LogP contribution in [0, 0.1) is 0 Å². The summed E-state index contributed by atoms with van der Waals surface area (Å²) >= 11 is 0. The molecule has 0 aliphatic carbocycles. The first-order chi connectivity index (χ1) is 14.7. The molecule has 2 heteroatoms. The zero-order chi connectivity index (χ0) is 21.2. The molecule has 2 nitrogen and oxygen atoms in total. The summed E-state index contributed by atoms with van der Waals surface area (Å²) in [5.41, 5.74) is 5.81. The van der Waals surface area contributed by atoms with Crippen LogP contribution in [0.2, 0.25) is 0 Å². The Hall–Kier alpha value is -2.87. The maximum absolute atomic E-state index is 12.1. The first-order valence-corrected chi connectivity index (χ1v) is 11.1. The summed E-state index contributed by atoms with van der Waals surface area (Å²) in [6.45, 7) is 4.14. The van der Waals surface area contributed by atoms with Gasteiger partial charge in [0.2, 0.25) is 0 Å². The fraction of sp³-hybridized carbons (Fsp3) is 0.321. The van der Waals surface area contributed by atoms with Crippen LogP contribution in [0.5, 0.6) is 0 Å². The normalized spacial score (nSPS) is 11.8. The Labute approximate surface area is 180 Å². The van der Waals surface area contributed by atoms with E-state index in [2.05, 4.69) is 79.7 Å². The first-order valence-electron chi connectivity index (χ1n) is 11.1. The minimum atomic E-state index is -0.230. The first kappa shape index (κ1) is 21.8. The predicted octanol–water partition coefficient (Wildman–Crippen LogP) is 7.99. The second-order valence-electron chi connectivity index (χ2n) is 7.83. The van der Waals surface area contributed by atoms with E-state index in [1.165, 1.54) is 36.0 Å². The minimum Gasteiger partial charge on any atom is -0.458 e. The molecule has 0 aliphatic heterocycles. The van der Waals surface area contributed by atoms with Gasteiger partial charge in [0, 0.05) is 6.42 Å². The van der Waals surface area contributed by atoms with E-state index in [0.717, 1.165) is 24.0 Å². The molecule has 156 valence electrons. The highest BCUT2D eigenvalue weighted by Crippen LogP contribution is 2.32. The number of unbranched alkanes of at least 4 members (excludes halogenated alkanes) is 4. The largest absolute Gasteiger partial charge is 0.458 e. The molecular formula is C28H32O2. The molecule has 0 spiro atoms. The maximum atomic E-state index is 12.1. The van der Waals surface area contributed by atoms with Crippen LogP contribution in [0.4, 0.5) is 0 Å². The summed E-state index contributed by atoms with van der Waals surface area (Å²) in [6, 6.07) is 27.3. The molecule has 0 fully saturated rings. The highest BCUT2D eigenvalue weighted by atomic mass is 16.5. The highest BCUT2D eigenvalue weighted by Gasteiger charge is 2.13. The topological polar surface area (TPSA) is 26.3 Å². The Balaban J connectivity index is 1.64. The third-order valence-electron chi connectivity index (χ3n) is 5.50. The van der Waals surface area contributed by atoms with Gasteiger partial charge in [0.1, 0.15) is 6.10 Å². The number of rotatable bonds is 10. The molecule has 1 atom stereocenters. The number of benzene rings is 3. The number of esters is 1. The Bertz CT molecular complexity index is 913. The molecule has 0 saturated carbocycles. The van der Waals surface area contributed by atoms with Crippen molar-refractivity contribution >= 4 is 5.97 Å². The fourth-order valence-corrected chi connectivity index (χ4v) is 3.74. The van der Waals surface area contributed by atoms with Gasteiger partial charge in [-0.2, -0.15) is 0 Å². The molecule has 0 radical (unpaired) electrons. The Morgan fingerprint density at radius 3 is 1.93 bits per heavy atom. The average Bonchev–Trinajstić information content (AvgIpc) is 2.79. The molecule has 30 heavy (non-hydrogen) atoms. The minimum absolute atomic E-state index is 0.0995. The van der Waals surface area contributed by atoms with Gasteiger partial charge in [0.05, 0.1) is 0 Å². The van der Waals surface area contributed by atoms with Gasteiger partial charge in [-0.3, -0.25) is 4.79 Å². The van der Waals surface area contributed by atoms with Gasteiger partial charge in [0.15, 0.2) is 0 Å². The number of hydrogen-bond donors (Lipinski definition) is 0. The Kier molecular flexibility index (Phi) is 8.26. The Morgan fingerprint density at radius 2 is 1.30 bits per heavy atom. The predicted molar refractivity (Wildman–Crippen MR) is 125 cm³/mol. The third kappa shape index (κ3) is 6.06. The molecule has 0 aromatic heterocycles. The number of hydrogen-bond acceptors (Lipinski definition) is 2.